The van der Waals surface area contributed by atoms with Crippen molar-refractivity contribution in [2.24, 2.45) is 10.2 Å². The fourth-order valence-corrected chi connectivity index (χ4v) is 3.11. The van der Waals surface area contributed by atoms with E-state index in [1.54, 1.807) is 0 Å². The first kappa shape index (κ1) is 18.4. The Hall–Kier alpha value is -3.99. The quantitative estimate of drug-likeness (QED) is 0.400. The van der Waals surface area contributed by atoms with Gasteiger partial charge in [0.1, 0.15) is 5.69 Å². The first-order chi connectivity index (χ1) is 14.3. The molecule has 0 atom stereocenters. The third-order valence-corrected chi connectivity index (χ3v) is 4.48. The Morgan fingerprint density at radius 1 is 0.828 bits per heavy atom. The molecule has 142 valence electrons. The van der Waals surface area contributed by atoms with Crippen LogP contribution in [0.1, 0.15) is 10.4 Å². The molecule has 0 bridgehead atoms. The normalized spacial score (nSPS) is 10.9. The molecule has 5 nitrogen and oxygen atoms in total. The van der Waals surface area contributed by atoms with E-state index < -0.39 is 0 Å². The number of anilines is 1. The minimum absolute atomic E-state index is 0.269. The van der Waals surface area contributed by atoms with Crippen LogP contribution < -0.4 is 10.1 Å². The highest BCUT2D eigenvalue weighted by atomic mass is 16.5. The summed E-state index contributed by atoms with van der Waals surface area (Å²) in [4.78, 5) is 13.0. The number of nitrogens with zero attached hydrogens (tertiary/aromatic N) is 2. The number of nitrogens with one attached hydrogen (secondary N) is 1. The van der Waals surface area contributed by atoms with Crippen LogP contribution >= 0.6 is 0 Å². The second kappa shape index (κ2) is 8.35. The maximum atomic E-state index is 13.0. The number of azo groups is 1. The zero-order chi connectivity index (χ0) is 20.1. The van der Waals surface area contributed by atoms with Gasteiger partial charge in [-0.2, -0.15) is 5.11 Å². The molecule has 0 radical (unpaired) electrons. The van der Waals surface area contributed by atoms with Gasteiger partial charge >= 0.3 is 0 Å². The van der Waals surface area contributed by atoms with Crippen molar-refractivity contribution in [1.82, 2.24) is 0 Å². The number of ether oxygens (including phenoxy) is 1. The van der Waals surface area contributed by atoms with Crippen molar-refractivity contribution >= 4 is 33.7 Å². The van der Waals surface area contributed by atoms with Gasteiger partial charge in [-0.25, -0.2) is 0 Å². The summed E-state index contributed by atoms with van der Waals surface area (Å²) in [6.07, 6.45) is 0. The summed E-state index contributed by atoms with van der Waals surface area (Å²) in [6.45, 7) is 0. The van der Waals surface area contributed by atoms with Gasteiger partial charge in [-0.3, -0.25) is 4.79 Å². The van der Waals surface area contributed by atoms with Crippen molar-refractivity contribution in [2.45, 2.75) is 0 Å². The van der Waals surface area contributed by atoms with E-state index in [4.69, 9.17) is 4.74 Å². The molecule has 0 aromatic heterocycles. The number of amides is 1. The zero-order valence-electron chi connectivity index (χ0n) is 15.9. The number of methoxy groups -OCH3 is 1. The Bertz CT molecular complexity index is 1170. The number of rotatable bonds is 5. The van der Waals surface area contributed by atoms with Crippen LogP contribution in [0.2, 0.25) is 0 Å². The van der Waals surface area contributed by atoms with Crippen LogP contribution in [-0.4, -0.2) is 13.0 Å². The standard InChI is InChI=1S/C24H19N3O2/c1-29-23-21(24(28)25-18-11-4-2-5-12-18)16-17-10-8-9-15-20(17)22(23)27-26-19-13-6-3-7-14-19/h2-16H,1H3,(H,25,28)/b27-26+. The van der Waals surface area contributed by atoms with Crippen molar-refractivity contribution in [3.05, 3.63) is 96.6 Å². The third kappa shape index (κ3) is 3.99. The number of carbonyl (C=O) groups excluding carboxylic acids is 1. The van der Waals surface area contributed by atoms with Crippen LogP contribution in [0.5, 0.6) is 5.75 Å². The molecular weight excluding hydrogens is 362 g/mol. The van der Waals surface area contributed by atoms with Crippen LogP contribution in [0.15, 0.2) is 101 Å². The Morgan fingerprint density at radius 3 is 2.21 bits per heavy atom. The smallest absolute Gasteiger partial charge is 0.259 e. The largest absolute Gasteiger partial charge is 0.494 e. The van der Waals surface area contributed by atoms with Crippen LogP contribution in [0.4, 0.5) is 17.1 Å². The molecule has 1 N–H and O–H groups in total. The van der Waals surface area contributed by atoms with E-state index in [-0.39, 0.29) is 5.91 Å². The number of benzene rings is 4. The van der Waals surface area contributed by atoms with Crippen molar-refractivity contribution in [3.8, 4) is 5.75 Å². The Kier molecular flexibility index (Phi) is 5.29. The second-order valence-corrected chi connectivity index (χ2v) is 6.38. The lowest BCUT2D eigenvalue weighted by Crippen LogP contribution is -2.13. The molecule has 4 aromatic rings. The summed E-state index contributed by atoms with van der Waals surface area (Å²) in [5, 5.41) is 13.4. The van der Waals surface area contributed by atoms with Crippen molar-refractivity contribution in [1.29, 1.82) is 0 Å². The predicted octanol–water partition coefficient (Wildman–Crippen LogP) is 6.52. The molecular formula is C24H19N3O2. The Balaban J connectivity index is 1.83. The maximum absolute atomic E-state index is 13.0. The lowest BCUT2D eigenvalue weighted by Gasteiger charge is -2.14. The van der Waals surface area contributed by atoms with E-state index in [0.717, 1.165) is 16.5 Å². The van der Waals surface area contributed by atoms with Gasteiger partial charge in [-0.1, -0.05) is 60.7 Å². The fourth-order valence-electron chi connectivity index (χ4n) is 3.11. The molecule has 0 aliphatic carbocycles. The SMILES string of the molecule is COc1c(C(=O)Nc2ccccc2)cc2ccccc2c1/N=N/c1ccccc1. The number of hydrogen-bond donors (Lipinski definition) is 1. The molecule has 0 aliphatic heterocycles. The Morgan fingerprint density at radius 2 is 1.48 bits per heavy atom. The molecule has 1 amide bonds. The highest BCUT2D eigenvalue weighted by Gasteiger charge is 2.19. The molecule has 0 aliphatic rings. The van der Waals surface area contributed by atoms with E-state index >= 15 is 0 Å². The first-order valence-corrected chi connectivity index (χ1v) is 9.19. The van der Waals surface area contributed by atoms with E-state index in [9.17, 15) is 4.79 Å². The molecule has 4 rings (SSSR count). The summed E-state index contributed by atoms with van der Waals surface area (Å²) in [5.74, 6) is 0.117. The second-order valence-electron chi connectivity index (χ2n) is 6.38. The molecule has 5 heteroatoms. The maximum Gasteiger partial charge on any atom is 0.259 e. The van der Waals surface area contributed by atoms with Gasteiger partial charge in [0.2, 0.25) is 0 Å². The minimum Gasteiger partial charge on any atom is -0.494 e. The number of fused-ring (bicyclic) bond motifs is 1. The Labute approximate surface area is 168 Å². The molecule has 0 fully saturated rings. The average molecular weight is 381 g/mol. The molecule has 0 saturated carbocycles. The summed E-state index contributed by atoms with van der Waals surface area (Å²) in [5.41, 5.74) is 2.35. The van der Waals surface area contributed by atoms with Crippen molar-refractivity contribution in [2.75, 3.05) is 12.4 Å². The van der Waals surface area contributed by atoms with Gasteiger partial charge in [-0.05, 0) is 35.7 Å². The van der Waals surface area contributed by atoms with Crippen LogP contribution in [0, 0.1) is 0 Å². The van der Waals surface area contributed by atoms with Gasteiger partial charge in [0.15, 0.2) is 5.75 Å². The number of carbonyl (C=O) groups is 1. The molecule has 0 spiro atoms. The molecule has 0 saturated heterocycles. The molecule has 0 heterocycles. The third-order valence-electron chi connectivity index (χ3n) is 4.48. The van der Waals surface area contributed by atoms with Crippen LogP contribution in [0.25, 0.3) is 10.8 Å². The highest BCUT2D eigenvalue weighted by molar-refractivity contribution is 6.11. The summed E-state index contributed by atoms with van der Waals surface area (Å²) >= 11 is 0. The number of para-hydroxylation sites is 1. The van der Waals surface area contributed by atoms with Gasteiger partial charge in [-0.15, -0.1) is 5.11 Å². The highest BCUT2D eigenvalue weighted by Crippen LogP contribution is 2.40. The fraction of sp³-hybridized carbons (Fsp3) is 0.0417. The average Bonchev–Trinajstić information content (AvgIpc) is 2.78. The lowest BCUT2D eigenvalue weighted by molar-refractivity contribution is 0.102. The molecule has 29 heavy (non-hydrogen) atoms. The van der Waals surface area contributed by atoms with Gasteiger partial charge in [0.05, 0.1) is 18.4 Å². The molecule has 4 aromatic carbocycles. The topological polar surface area (TPSA) is 63.0 Å². The van der Waals surface area contributed by atoms with E-state index in [2.05, 4.69) is 15.5 Å². The number of hydrogen-bond acceptors (Lipinski definition) is 4. The van der Waals surface area contributed by atoms with E-state index in [1.165, 1.54) is 7.11 Å². The monoisotopic (exact) mass is 381 g/mol. The van der Waals surface area contributed by atoms with E-state index in [1.807, 2.05) is 91.0 Å². The summed E-state index contributed by atoms with van der Waals surface area (Å²) < 4.78 is 5.62. The van der Waals surface area contributed by atoms with Crippen LogP contribution in [-0.2, 0) is 0 Å². The van der Waals surface area contributed by atoms with Crippen molar-refractivity contribution in [3.63, 3.8) is 0 Å². The summed E-state index contributed by atoms with van der Waals surface area (Å²) in [6, 6.07) is 28.3. The first-order valence-electron chi connectivity index (χ1n) is 9.19. The minimum atomic E-state index is -0.269. The van der Waals surface area contributed by atoms with Gasteiger partial charge < -0.3 is 10.1 Å². The van der Waals surface area contributed by atoms with Crippen LogP contribution in [0.3, 0.4) is 0 Å². The van der Waals surface area contributed by atoms with Gasteiger partial charge in [0.25, 0.3) is 5.91 Å². The predicted molar refractivity (Wildman–Crippen MR) is 116 cm³/mol. The summed E-state index contributed by atoms with van der Waals surface area (Å²) in [7, 11) is 1.53. The lowest BCUT2D eigenvalue weighted by atomic mass is 10.0. The van der Waals surface area contributed by atoms with Crippen molar-refractivity contribution < 1.29 is 9.53 Å². The molecule has 0 unspecified atom stereocenters. The van der Waals surface area contributed by atoms with Gasteiger partial charge in [0, 0.05) is 11.1 Å². The zero-order valence-corrected chi connectivity index (χ0v) is 15.9. The van der Waals surface area contributed by atoms with E-state index in [0.29, 0.717) is 22.7 Å².